The summed E-state index contributed by atoms with van der Waals surface area (Å²) in [5, 5.41) is 3.27. The third-order valence-corrected chi connectivity index (χ3v) is 4.34. The zero-order valence-corrected chi connectivity index (χ0v) is 13.2. The first-order chi connectivity index (χ1) is 9.42. The lowest BCUT2D eigenvalue weighted by Gasteiger charge is -2.11. The molecule has 3 N–H and O–H groups in total. The van der Waals surface area contributed by atoms with Crippen LogP contribution in [-0.2, 0) is 9.53 Å². The standard InChI is InChI=1S/C14H22N2O3S/c1-5-6-7-10(15)12(17)16-13-11(14(18)19-4)8(2)9(3)20-13/h10H,5-7,15H2,1-4H3,(H,16,17). The number of hydrogen-bond acceptors (Lipinski definition) is 5. The average Bonchev–Trinajstić information content (AvgIpc) is 2.70. The highest BCUT2D eigenvalue weighted by molar-refractivity contribution is 7.16. The summed E-state index contributed by atoms with van der Waals surface area (Å²) in [4.78, 5) is 24.8. The zero-order chi connectivity index (χ0) is 15.3. The Labute approximate surface area is 123 Å². The fourth-order valence-corrected chi connectivity index (χ4v) is 2.87. The molecule has 0 fully saturated rings. The van der Waals surface area contributed by atoms with Crippen molar-refractivity contribution < 1.29 is 14.3 Å². The summed E-state index contributed by atoms with van der Waals surface area (Å²) in [7, 11) is 1.33. The van der Waals surface area contributed by atoms with Crippen molar-refractivity contribution in [2.45, 2.75) is 46.1 Å². The molecule has 0 spiro atoms. The highest BCUT2D eigenvalue weighted by atomic mass is 32.1. The van der Waals surface area contributed by atoms with Gasteiger partial charge in [-0.15, -0.1) is 11.3 Å². The zero-order valence-electron chi connectivity index (χ0n) is 12.4. The molecule has 0 radical (unpaired) electrons. The molecule has 0 aliphatic carbocycles. The van der Waals surface area contributed by atoms with E-state index >= 15 is 0 Å². The van der Waals surface area contributed by atoms with Gasteiger partial charge in [-0.3, -0.25) is 4.79 Å². The van der Waals surface area contributed by atoms with Crippen LogP contribution in [0.15, 0.2) is 0 Å². The van der Waals surface area contributed by atoms with Gasteiger partial charge in [0.05, 0.1) is 18.7 Å². The smallest absolute Gasteiger partial charge is 0.341 e. The molecule has 5 nitrogen and oxygen atoms in total. The van der Waals surface area contributed by atoms with Crippen LogP contribution in [0, 0.1) is 13.8 Å². The normalized spacial score (nSPS) is 12.1. The number of nitrogens with two attached hydrogens (primary N) is 1. The minimum absolute atomic E-state index is 0.259. The number of carbonyl (C=O) groups excluding carboxylic acids is 2. The van der Waals surface area contributed by atoms with Crippen LogP contribution >= 0.6 is 11.3 Å². The number of thiophene rings is 1. The van der Waals surface area contributed by atoms with Crippen LogP contribution in [0.3, 0.4) is 0 Å². The SMILES string of the molecule is CCCCC(N)C(=O)Nc1sc(C)c(C)c1C(=O)OC. The Kier molecular flexibility index (Phi) is 6.16. The summed E-state index contributed by atoms with van der Waals surface area (Å²) in [6, 6.07) is -0.553. The molecule has 0 saturated carbocycles. The topological polar surface area (TPSA) is 81.4 Å². The van der Waals surface area contributed by atoms with Crippen molar-refractivity contribution in [2.75, 3.05) is 12.4 Å². The molecule has 1 unspecified atom stereocenters. The lowest BCUT2D eigenvalue weighted by molar-refractivity contribution is -0.117. The van der Waals surface area contributed by atoms with E-state index in [1.807, 2.05) is 20.8 Å². The summed E-state index contributed by atoms with van der Waals surface area (Å²) >= 11 is 1.37. The second kappa shape index (κ2) is 7.40. The number of nitrogens with one attached hydrogen (secondary N) is 1. The van der Waals surface area contributed by atoms with Gasteiger partial charge in [-0.2, -0.15) is 0 Å². The Morgan fingerprint density at radius 1 is 1.40 bits per heavy atom. The number of unbranched alkanes of at least 4 members (excludes halogenated alkanes) is 1. The first-order valence-corrected chi connectivity index (χ1v) is 7.48. The maximum atomic E-state index is 12.0. The first kappa shape index (κ1) is 16.7. The summed E-state index contributed by atoms with van der Waals surface area (Å²) in [6.45, 7) is 5.79. The molecular formula is C14H22N2O3S. The molecule has 20 heavy (non-hydrogen) atoms. The second-order valence-electron chi connectivity index (χ2n) is 4.72. The molecule has 1 rings (SSSR count). The van der Waals surface area contributed by atoms with Gasteiger partial charge in [0, 0.05) is 4.88 Å². The van der Waals surface area contributed by atoms with Crippen molar-refractivity contribution in [3.05, 3.63) is 16.0 Å². The molecule has 1 amide bonds. The molecule has 112 valence electrons. The van der Waals surface area contributed by atoms with Crippen LogP contribution in [0.5, 0.6) is 0 Å². The van der Waals surface area contributed by atoms with E-state index in [4.69, 9.17) is 10.5 Å². The van der Waals surface area contributed by atoms with E-state index in [1.54, 1.807) is 0 Å². The van der Waals surface area contributed by atoms with Crippen molar-refractivity contribution in [1.29, 1.82) is 0 Å². The van der Waals surface area contributed by atoms with Crippen molar-refractivity contribution in [1.82, 2.24) is 0 Å². The van der Waals surface area contributed by atoms with Gasteiger partial charge in [0.15, 0.2) is 0 Å². The fraction of sp³-hybridized carbons (Fsp3) is 0.571. The second-order valence-corrected chi connectivity index (χ2v) is 5.94. The number of carbonyl (C=O) groups is 2. The lowest BCUT2D eigenvalue weighted by atomic mass is 10.1. The molecule has 0 aliphatic heterocycles. The molecule has 1 aromatic heterocycles. The fourth-order valence-electron chi connectivity index (χ4n) is 1.82. The molecule has 0 saturated heterocycles. The van der Waals surface area contributed by atoms with Crippen molar-refractivity contribution in [3.63, 3.8) is 0 Å². The number of hydrogen-bond donors (Lipinski definition) is 2. The van der Waals surface area contributed by atoms with Gasteiger partial charge < -0.3 is 15.8 Å². The third kappa shape index (κ3) is 3.80. The molecule has 1 aromatic rings. The van der Waals surface area contributed by atoms with Gasteiger partial charge in [0.25, 0.3) is 0 Å². The monoisotopic (exact) mass is 298 g/mol. The Balaban J connectivity index is 2.89. The molecule has 0 bridgehead atoms. The molecule has 1 heterocycles. The summed E-state index contributed by atoms with van der Waals surface area (Å²) in [5.74, 6) is -0.700. The lowest BCUT2D eigenvalue weighted by Crippen LogP contribution is -2.35. The largest absolute Gasteiger partial charge is 0.465 e. The quantitative estimate of drug-likeness (QED) is 0.791. The van der Waals surface area contributed by atoms with Crippen molar-refractivity contribution >= 4 is 28.2 Å². The summed E-state index contributed by atoms with van der Waals surface area (Å²) < 4.78 is 4.76. The van der Waals surface area contributed by atoms with E-state index in [0.717, 1.165) is 23.3 Å². The van der Waals surface area contributed by atoms with Crippen LogP contribution in [0.25, 0.3) is 0 Å². The molecule has 0 aliphatic rings. The maximum absolute atomic E-state index is 12.0. The predicted molar refractivity (Wildman–Crippen MR) is 81.3 cm³/mol. The number of aryl methyl sites for hydroxylation is 1. The van der Waals surface area contributed by atoms with Crippen LogP contribution < -0.4 is 11.1 Å². The Bertz CT molecular complexity index is 497. The Morgan fingerprint density at radius 2 is 2.05 bits per heavy atom. The first-order valence-electron chi connectivity index (χ1n) is 6.67. The van der Waals surface area contributed by atoms with Gasteiger partial charge >= 0.3 is 5.97 Å². The van der Waals surface area contributed by atoms with Crippen molar-refractivity contribution in [3.8, 4) is 0 Å². The molecular weight excluding hydrogens is 276 g/mol. The Morgan fingerprint density at radius 3 is 2.60 bits per heavy atom. The highest BCUT2D eigenvalue weighted by Gasteiger charge is 2.23. The molecule has 6 heteroatoms. The van der Waals surface area contributed by atoms with Crippen LogP contribution in [0.1, 0.15) is 47.0 Å². The number of ether oxygens (including phenoxy) is 1. The number of methoxy groups -OCH3 is 1. The third-order valence-electron chi connectivity index (χ3n) is 3.22. The minimum Gasteiger partial charge on any atom is -0.465 e. The maximum Gasteiger partial charge on any atom is 0.341 e. The minimum atomic E-state index is -0.553. The van der Waals surface area contributed by atoms with E-state index in [0.29, 0.717) is 17.0 Å². The van der Waals surface area contributed by atoms with Gasteiger partial charge in [-0.25, -0.2) is 4.79 Å². The highest BCUT2D eigenvalue weighted by Crippen LogP contribution is 2.33. The van der Waals surface area contributed by atoms with E-state index in [2.05, 4.69) is 5.32 Å². The van der Waals surface area contributed by atoms with Gasteiger partial charge in [-0.1, -0.05) is 19.8 Å². The van der Waals surface area contributed by atoms with E-state index in [9.17, 15) is 9.59 Å². The number of amides is 1. The van der Waals surface area contributed by atoms with E-state index in [1.165, 1.54) is 18.4 Å². The van der Waals surface area contributed by atoms with Gasteiger partial charge in [0.1, 0.15) is 5.00 Å². The number of anilines is 1. The summed E-state index contributed by atoms with van der Waals surface area (Å²) in [6.07, 6.45) is 2.53. The van der Waals surface area contributed by atoms with Gasteiger partial charge in [0.2, 0.25) is 5.91 Å². The van der Waals surface area contributed by atoms with Gasteiger partial charge in [-0.05, 0) is 25.8 Å². The predicted octanol–water partition coefficient (Wildman–Crippen LogP) is 2.61. The number of rotatable bonds is 6. The van der Waals surface area contributed by atoms with E-state index < -0.39 is 12.0 Å². The summed E-state index contributed by atoms with van der Waals surface area (Å²) in [5.41, 5.74) is 7.09. The molecule has 0 aromatic carbocycles. The van der Waals surface area contributed by atoms with Crippen LogP contribution in [-0.4, -0.2) is 25.0 Å². The molecule has 1 atom stereocenters. The number of esters is 1. The van der Waals surface area contributed by atoms with Crippen molar-refractivity contribution in [2.24, 2.45) is 5.73 Å². The van der Waals surface area contributed by atoms with Crippen LogP contribution in [0.4, 0.5) is 5.00 Å². The van der Waals surface area contributed by atoms with E-state index in [-0.39, 0.29) is 5.91 Å². The Hall–Kier alpha value is -1.40. The average molecular weight is 298 g/mol. The van der Waals surface area contributed by atoms with Crippen LogP contribution in [0.2, 0.25) is 0 Å².